The number of carbonyl (C=O) groups is 1. The van der Waals surface area contributed by atoms with Crippen molar-refractivity contribution in [2.75, 3.05) is 49.7 Å². The van der Waals surface area contributed by atoms with Gasteiger partial charge in [0.1, 0.15) is 6.61 Å². The largest absolute Gasteiger partial charge is 0.488 e. The van der Waals surface area contributed by atoms with Gasteiger partial charge in [0.25, 0.3) is 0 Å². The van der Waals surface area contributed by atoms with Crippen LogP contribution in [0.15, 0.2) is 54.7 Å². The lowest BCUT2D eigenvalue weighted by molar-refractivity contribution is -0.137. The van der Waals surface area contributed by atoms with Crippen LogP contribution in [-0.2, 0) is 17.5 Å². The lowest BCUT2D eigenvalue weighted by Crippen LogP contribution is -2.41. The number of carbonyl (C=O) groups excluding carboxylic acids is 1. The number of ether oxygens (including phenoxy) is 2. The van der Waals surface area contributed by atoms with Gasteiger partial charge in [-0.15, -0.1) is 0 Å². The Labute approximate surface area is 205 Å². The van der Waals surface area contributed by atoms with Gasteiger partial charge in [-0.3, -0.25) is 14.8 Å². The van der Waals surface area contributed by atoms with Crippen molar-refractivity contribution < 1.29 is 27.4 Å². The Bertz CT molecular complexity index is 1230. The van der Waals surface area contributed by atoms with Crippen molar-refractivity contribution in [2.45, 2.75) is 12.7 Å². The number of rotatable bonds is 4. The SMILES string of the molecule is O=C(Nc1ccc(CN2CCOCC2)nc1)N1CCOc2ccc(-c3cccc(C(F)(F)F)c3)nc21. The molecule has 2 aliphatic rings. The predicted molar refractivity (Wildman–Crippen MR) is 127 cm³/mol. The molecule has 0 radical (unpaired) electrons. The summed E-state index contributed by atoms with van der Waals surface area (Å²) < 4.78 is 50.5. The number of nitrogens with one attached hydrogen (secondary N) is 1. The fourth-order valence-corrected chi connectivity index (χ4v) is 4.08. The Morgan fingerprint density at radius 3 is 2.61 bits per heavy atom. The molecule has 2 amide bonds. The standard InChI is InChI=1S/C25H24F3N5O3/c26-25(27,28)18-3-1-2-17(14-18)21-6-7-22-23(31-21)33(10-13-36-22)24(34)30-19-4-5-20(29-15-19)16-32-8-11-35-12-9-32/h1-7,14-15H,8-13,16H2,(H,30,34). The first-order valence-corrected chi connectivity index (χ1v) is 11.5. The van der Waals surface area contributed by atoms with Crippen molar-refractivity contribution >= 4 is 17.5 Å². The topological polar surface area (TPSA) is 79.8 Å². The predicted octanol–water partition coefficient (Wildman–Crippen LogP) is 4.43. The number of morpholine rings is 1. The fourth-order valence-electron chi connectivity index (χ4n) is 4.08. The molecule has 0 unspecified atom stereocenters. The maximum absolute atomic E-state index is 13.2. The average molecular weight is 499 g/mol. The second kappa shape index (κ2) is 10.1. The van der Waals surface area contributed by atoms with Crippen molar-refractivity contribution in [3.63, 3.8) is 0 Å². The molecule has 11 heteroatoms. The second-order valence-electron chi connectivity index (χ2n) is 8.45. The number of alkyl halides is 3. The lowest BCUT2D eigenvalue weighted by Gasteiger charge is -2.29. The summed E-state index contributed by atoms with van der Waals surface area (Å²) >= 11 is 0. The molecular formula is C25H24F3N5O3. The van der Waals surface area contributed by atoms with E-state index in [0.29, 0.717) is 42.5 Å². The highest BCUT2D eigenvalue weighted by molar-refractivity contribution is 6.02. The van der Waals surface area contributed by atoms with Crippen LogP contribution in [0.3, 0.4) is 0 Å². The van der Waals surface area contributed by atoms with Crippen LogP contribution in [0.2, 0.25) is 0 Å². The van der Waals surface area contributed by atoms with Gasteiger partial charge in [-0.25, -0.2) is 9.78 Å². The first-order valence-electron chi connectivity index (χ1n) is 11.5. The molecule has 1 saturated heterocycles. The summed E-state index contributed by atoms with van der Waals surface area (Å²) in [5, 5.41) is 2.82. The number of pyridine rings is 2. The van der Waals surface area contributed by atoms with Gasteiger partial charge >= 0.3 is 12.2 Å². The Balaban J connectivity index is 1.31. The van der Waals surface area contributed by atoms with E-state index in [4.69, 9.17) is 9.47 Å². The molecule has 2 aliphatic heterocycles. The van der Waals surface area contributed by atoms with Gasteiger partial charge in [0, 0.05) is 25.2 Å². The minimum absolute atomic E-state index is 0.237. The summed E-state index contributed by atoms with van der Waals surface area (Å²) in [6.45, 7) is 4.33. The number of hydrogen-bond donors (Lipinski definition) is 1. The third-order valence-corrected chi connectivity index (χ3v) is 5.96. The van der Waals surface area contributed by atoms with Crippen LogP contribution in [0, 0.1) is 0 Å². The Kier molecular flexibility index (Phi) is 6.75. The Morgan fingerprint density at radius 2 is 1.86 bits per heavy atom. The van der Waals surface area contributed by atoms with Crippen molar-refractivity contribution in [3.05, 3.63) is 66.0 Å². The number of nitrogens with zero attached hydrogens (tertiary/aromatic N) is 4. The Hall–Kier alpha value is -3.70. The summed E-state index contributed by atoms with van der Waals surface area (Å²) in [5.74, 6) is 0.622. The number of urea groups is 1. The minimum atomic E-state index is -4.47. The van der Waals surface area contributed by atoms with Crippen molar-refractivity contribution in [3.8, 4) is 17.0 Å². The molecule has 0 bridgehead atoms. The molecule has 3 aromatic rings. The van der Waals surface area contributed by atoms with E-state index in [9.17, 15) is 18.0 Å². The maximum Gasteiger partial charge on any atom is 0.416 e. The summed E-state index contributed by atoms with van der Waals surface area (Å²) in [6, 6.07) is 11.3. The van der Waals surface area contributed by atoms with Gasteiger partial charge in [0.2, 0.25) is 0 Å². The first-order chi connectivity index (χ1) is 17.4. The number of hydrogen-bond acceptors (Lipinski definition) is 6. The molecule has 0 aliphatic carbocycles. The van der Waals surface area contributed by atoms with E-state index < -0.39 is 17.8 Å². The normalized spacial score (nSPS) is 16.2. The number of benzene rings is 1. The van der Waals surface area contributed by atoms with E-state index in [0.717, 1.165) is 30.9 Å². The molecule has 36 heavy (non-hydrogen) atoms. The third-order valence-electron chi connectivity index (χ3n) is 5.96. The molecule has 0 saturated carbocycles. The van der Waals surface area contributed by atoms with Crippen LogP contribution in [0.4, 0.5) is 29.5 Å². The maximum atomic E-state index is 13.2. The van der Waals surface area contributed by atoms with Crippen molar-refractivity contribution in [1.82, 2.24) is 14.9 Å². The highest BCUT2D eigenvalue weighted by atomic mass is 19.4. The van der Waals surface area contributed by atoms with Gasteiger partial charge in [-0.1, -0.05) is 12.1 Å². The van der Waals surface area contributed by atoms with Crippen LogP contribution in [0.25, 0.3) is 11.3 Å². The van der Waals surface area contributed by atoms with E-state index in [1.165, 1.54) is 11.0 Å². The van der Waals surface area contributed by atoms with Gasteiger partial charge < -0.3 is 14.8 Å². The average Bonchev–Trinajstić information content (AvgIpc) is 2.89. The van der Waals surface area contributed by atoms with Crippen molar-refractivity contribution in [1.29, 1.82) is 0 Å². The van der Waals surface area contributed by atoms with Gasteiger partial charge in [-0.2, -0.15) is 13.2 Å². The smallest absolute Gasteiger partial charge is 0.416 e. The number of anilines is 2. The molecule has 5 rings (SSSR count). The van der Waals surface area contributed by atoms with Crippen LogP contribution < -0.4 is 15.0 Å². The fraction of sp³-hybridized carbons (Fsp3) is 0.320. The summed E-state index contributed by atoms with van der Waals surface area (Å²) in [4.78, 5) is 25.7. The molecule has 1 N–H and O–H groups in total. The first kappa shape index (κ1) is 24.0. The van der Waals surface area contributed by atoms with E-state index in [-0.39, 0.29) is 19.0 Å². The van der Waals surface area contributed by atoms with E-state index >= 15 is 0 Å². The number of halogens is 3. The number of amides is 2. The molecule has 0 atom stereocenters. The van der Waals surface area contributed by atoms with E-state index in [1.54, 1.807) is 30.5 Å². The zero-order chi connectivity index (χ0) is 25.1. The summed E-state index contributed by atoms with van der Waals surface area (Å²) in [7, 11) is 0. The molecule has 1 aromatic carbocycles. The third kappa shape index (κ3) is 5.42. The van der Waals surface area contributed by atoms with Crippen LogP contribution >= 0.6 is 0 Å². The zero-order valence-electron chi connectivity index (χ0n) is 19.3. The summed E-state index contributed by atoms with van der Waals surface area (Å²) in [5.41, 5.74) is 1.23. The molecule has 4 heterocycles. The number of fused-ring (bicyclic) bond motifs is 1. The highest BCUT2D eigenvalue weighted by Gasteiger charge is 2.31. The highest BCUT2D eigenvalue weighted by Crippen LogP contribution is 2.35. The molecule has 8 nitrogen and oxygen atoms in total. The second-order valence-corrected chi connectivity index (χ2v) is 8.45. The van der Waals surface area contributed by atoms with Gasteiger partial charge in [-0.05, 0) is 36.4 Å². The quantitative estimate of drug-likeness (QED) is 0.573. The van der Waals surface area contributed by atoms with Crippen LogP contribution in [0.1, 0.15) is 11.3 Å². The number of aromatic nitrogens is 2. The van der Waals surface area contributed by atoms with E-state index in [1.807, 2.05) is 6.07 Å². The van der Waals surface area contributed by atoms with Crippen molar-refractivity contribution in [2.24, 2.45) is 0 Å². The lowest BCUT2D eigenvalue weighted by atomic mass is 10.1. The van der Waals surface area contributed by atoms with E-state index in [2.05, 4.69) is 20.2 Å². The molecule has 188 valence electrons. The Morgan fingerprint density at radius 1 is 1.03 bits per heavy atom. The minimum Gasteiger partial charge on any atom is -0.488 e. The van der Waals surface area contributed by atoms with Crippen LogP contribution in [-0.4, -0.2) is 60.4 Å². The molecule has 0 spiro atoms. The monoisotopic (exact) mass is 499 g/mol. The zero-order valence-corrected chi connectivity index (χ0v) is 19.3. The van der Waals surface area contributed by atoms with Gasteiger partial charge in [0.15, 0.2) is 11.6 Å². The molecular weight excluding hydrogens is 475 g/mol. The summed E-state index contributed by atoms with van der Waals surface area (Å²) in [6.07, 6.45) is -2.87. The van der Waals surface area contributed by atoms with Gasteiger partial charge in [0.05, 0.1) is 48.6 Å². The van der Waals surface area contributed by atoms with Crippen LogP contribution in [0.5, 0.6) is 5.75 Å². The molecule has 1 fully saturated rings. The molecule has 2 aromatic heterocycles.